The number of aliphatic hydroxyl groups excluding tert-OH is 3. The molecule has 4 N–H and O–H groups in total. The zero-order valence-corrected chi connectivity index (χ0v) is 22.6. The number of ether oxygens (including phenoxy) is 1. The van der Waals surface area contributed by atoms with Gasteiger partial charge in [-0.2, -0.15) is 0 Å². The van der Waals surface area contributed by atoms with Crippen LogP contribution in [0.5, 0.6) is 0 Å². The van der Waals surface area contributed by atoms with Crippen LogP contribution in [0.25, 0.3) is 0 Å². The average Bonchev–Trinajstić information content (AvgIpc) is 3.46. The third kappa shape index (κ3) is 2.85. The standard InChI is InChI=1S/C30H40N2O6/c1-17-9-10-22-27(2,12-11-23(34)28(22,3)16-33)20(17)13-18-14-32(4)30(29(18)24(35)15-38-26(29)37)19-7-5-6-8-21(19)31-25(30)36/h5-8,18,20,22-24,33-35H,1,9-16H2,2-4H3,(H,31,36)/t18?,20-,22+,23-,24-,27-,28+,29+,30+/m1/s1. The Labute approximate surface area is 224 Å². The summed E-state index contributed by atoms with van der Waals surface area (Å²) in [6, 6.07) is 7.42. The van der Waals surface area contributed by atoms with E-state index in [4.69, 9.17) is 4.74 Å². The second-order valence-electron chi connectivity index (χ2n) is 13.0. The molecular formula is C30H40N2O6. The number of likely N-dealkylation sites (N-methyl/N-ethyl adjacent to an activating group) is 1. The predicted molar refractivity (Wildman–Crippen MR) is 141 cm³/mol. The monoisotopic (exact) mass is 524 g/mol. The highest BCUT2D eigenvalue weighted by Crippen LogP contribution is 2.67. The minimum atomic E-state index is -1.46. The first-order valence-electron chi connectivity index (χ1n) is 13.9. The molecule has 0 aromatic heterocycles. The number of anilines is 1. The Morgan fingerprint density at radius 2 is 1.89 bits per heavy atom. The molecule has 2 aliphatic carbocycles. The van der Waals surface area contributed by atoms with Gasteiger partial charge in [-0.05, 0) is 68.4 Å². The molecule has 38 heavy (non-hydrogen) atoms. The maximum absolute atomic E-state index is 13.9. The summed E-state index contributed by atoms with van der Waals surface area (Å²) in [5, 5.41) is 35.9. The van der Waals surface area contributed by atoms with Crippen LogP contribution in [-0.4, -0.2) is 71.1 Å². The second-order valence-corrected chi connectivity index (χ2v) is 13.0. The molecule has 1 unspecified atom stereocenters. The van der Waals surface area contributed by atoms with E-state index in [0.717, 1.165) is 24.8 Å². The summed E-state index contributed by atoms with van der Waals surface area (Å²) in [5.41, 5.74) is -1.23. The van der Waals surface area contributed by atoms with Crippen LogP contribution in [0.3, 0.4) is 0 Å². The van der Waals surface area contributed by atoms with Crippen LogP contribution in [0.1, 0.15) is 51.5 Å². The number of esters is 1. The topological polar surface area (TPSA) is 119 Å². The van der Waals surface area contributed by atoms with Crippen LogP contribution < -0.4 is 5.32 Å². The Morgan fingerprint density at radius 3 is 2.58 bits per heavy atom. The largest absolute Gasteiger partial charge is 0.462 e. The summed E-state index contributed by atoms with van der Waals surface area (Å²) in [6.07, 6.45) is 1.86. The molecule has 1 amide bonds. The van der Waals surface area contributed by atoms with Gasteiger partial charge in [-0.25, -0.2) is 0 Å². The summed E-state index contributed by atoms with van der Waals surface area (Å²) in [7, 11) is 1.86. The maximum Gasteiger partial charge on any atom is 0.318 e. The Hall–Kier alpha value is -2.26. The Kier molecular flexibility index (Phi) is 5.72. The van der Waals surface area contributed by atoms with Gasteiger partial charge in [0.25, 0.3) is 5.91 Å². The fourth-order valence-electron chi connectivity index (χ4n) is 9.80. The number of amides is 1. The van der Waals surface area contributed by atoms with Crippen LogP contribution in [-0.2, 0) is 19.9 Å². The quantitative estimate of drug-likeness (QED) is 0.354. The first-order valence-corrected chi connectivity index (χ1v) is 13.9. The van der Waals surface area contributed by atoms with Crippen molar-refractivity contribution in [2.75, 3.05) is 32.1 Å². The molecule has 1 aromatic carbocycles. The molecule has 1 aromatic rings. The lowest BCUT2D eigenvalue weighted by molar-refractivity contribution is -0.165. The van der Waals surface area contributed by atoms with E-state index in [-0.39, 0.29) is 42.3 Å². The normalized spacial score (nSPS) is 46.4. The molecule has 0 radical (unpaired) electrons. The Balaban J connectivity index is 1.47. The van der Waals surface area contributed by atoms with Crippen LogP contribution in [0.15, 0.2) is 36.4 Å². The highest BCUT2D eigenvalue weighted by atomic mass is 16.6. The van der Waals surface area contributed by atoms with Gasteiger partial charge in [0.1, 0.15) is 23.7 Å². The first kappa shape index (κ1) is 26.0. The van der Waals surface area contributed by atoms with Crippen molar-refractivity contribution in [2.24, 2.45) is 34.0 Å². The highest BCUT2D eigenvalue weighted by Gasteiger charge is 2.79. The number of hydrogen-bond donors (Lipinski definition) is 4. The summed E-state index contributed by atoms with van der Waals surface area (Å²) < 4.78 is 5.56. The number of carbonyl (C=O) groups is 2. The molecule has 0 bridgehead atoms. The number of para-hydroxylation sites is 1. The Bertz CT molecular complexity index is 1200. The fraction of sp³-hybridized carbons (Fsp3) is 0.667. The zero-order chi connectivity index (χ0) is 27.3. The van der Waals surface area contributed by atoms with Gasteiger partial charge in [-0.3, -0.25) is 14.5 Å². The van der Waals surface area contributed by atoms with Crippen molar-refractivity contribution < 1.29 is 29.6 Å². The molecule has 4 fully saturated rings. The Morgan fingerprint density at radius 1 is 1.16 bits per heavy atom. The number of nitrogens with zero attached hydrogens (tertiary/aromatic N) is 1. The van der Waals surface area contributed by atoms with Gasteiger partial charge in [0.15, 0.2) is 0 Å². The molecule has 8 nitrogen and oxygen atoms in total. The van der Waals surface area contributed by atoms with E-state index in [0.29, 0.717) is 30.6 Å². The molecule has 3 heterocycles. The number of cyclic esters (lactones) is 1. The SMILES string of the molecule is C=C1CC[C@@H]2[C@](C)(CO)[C@H](O)CC[C@]2(C)[C@@H]1CC1CN(C)[C@@]2(C(=O)Nc3ccccc32)[C@@]12C(=O)OC[C@H]2O. The van der Waals surface area contributed by atoms with E-state index in [1.54, 1.807) is 0 Å². The molecule has 2 saturated carbocycles. The minimum absolute atomic E-state index is 0.00496. The van der Waals surface area contributed by atoms with E-state index in [2.05, 4.69) is 18.8 Å². The van der Waals surface area contributed by atoms with Gasteiger partial charge in [0.05, 0.1) is 12.7 Å². The van der Waals surface area contributed by atoms with Gasteiger partial charge in [-0.1, -0.05) is 44.2 Å². The molecule has 9 atom stereocenters. The predicted octanol–water partition coefficient (Wildman–Crippen LogP) is 2.43. The van der Waals surface area contributed by atoms with Crippen LogP contribution in [0.2, 0.25) is 0 Å². The number of benzene rings is 1. The van der Waals surface area contributed by atoms with Crippen molar-refractivity contribution in [1.29, 1.82) is 0 Å². The maximum atomic E-state index is 13.9. The molecule has 206 valence electrons. The lowest BCUT2D eigenvalue weighted by atomic mass is 9.45. The third-order valence-corrected chi connectivity index (χ3v) is 11.7. The van der Waals surface area contributed by atoms with Crippen molar-refractivity contribution in [1.82, 2.24) is 4.90 Å². The number of hydrogen-bond acceptors (Lipinski definition) is 7. The molecule has 5 aliphatic rings. The number of rotatable bonds is 3. The van der Waals surface area contributed by atoms with Gasteiger partial charge < -0.3 is 25.4 Å². The number of fused-ring (bicyclic) bond motifs is 4. The lowest BCUT2D eigenvalue weighted by Gasteiger charge is -2.60. The summed E-state index contributed by atoms with van der Waals surface area (Å²) >= 11 is 0. The van der Waals surface area contributed by atoms with Gasteiger partial charge in [-0.15, -0.1) is 0 Å². The first-order chi connectivity index (χ1) is 18.0. The molecule has 6 rings (SSSR count). The van der Waals surface area contributed by atoms with Crippen LogP contribution in [0.4, 0.5) is 5.69 Å². The number of allylic oxidation sites excluding steroid dienone is 1. The van der Waals surface area contributed by atoms with Crippen molar-refractivity contribution in [3.63, 3.8) is 0 Å². The minimum Gasteiger partial charge on any atom is -0.462 e. The van der Waals surface area contributed by atoms with E-state index >= 15 is 0 Å². The summed E-state index contributed by atoms with van der Waals surface area (Å²) in [5.74, 6) is -1.10. The van der Waals surface area contributed by atoms with Crippen LogP contribution in [0, 0.1) is 34.0 Å². The third-order valence-electron chi connectivity index (χ3n) is 11.7. The molecular weight excluding hydrogens is 484 g/mol. The smallest absolute Gasteiger partial charge is 0.318 e. The second kappa shape index (κ2) is 8.37. The fourth-order valence-corrected chi connectivity index (χ4v) is 9.80. The summed E-state index contributed by atoms with van der Waals surface area (Å²) in [6.45, 7) is 8.93. The van der Waals surface area contributed by atoms with E-state index < -0.39 is 34.5 Å². The molecule has 8 heteroatoms. The van der Waals surface area contributed by atoms with Crippen molar-refractivity contribution in [2.45, 2.75) is 63.7 Å². The van der Waals surface area contributed by atoms with Gasteiger partial charge in [0.2, 0.25) is 0 Å². The molecule has 2 spiro atoms. The average molecular weight is 525 g/mol. The summed E-state index contributed by atoms with van der Waals surface area (Å²) in [4.78, 5) is 29.8. The van der Waals surface area contributed by atoms with Gasteiger partial charge >= 0.3 is 5.97 Å². The number of likely N-dealkylation sites (tertiary alicyclic amines) is 1. The number of aliphatic hydroxyl groups is 3. The van der Waals surface area contributed by atoms with Crippen molar-refractivity contribution in [3.05, 3.63) is 42.0 Å². The van der Waals surface area contributed by atoms with Gasteiger partial charge in [0, 0.05) is 23.2 Å². The van der Waals surface area contributed by atoms with E-state index in [1.807, 2.05) is 43.1 Å². The van der Waals surface area contributed by atoms with Crippen molar-refractivity contribution >= 4 is 17.6 Å². The molecule has 2 saturated heterocycles. The number of carbonyl (C=O) groups excluding carboxylic acids is 2. The zero-order valence-electron chi connectivity index (χ0n) is 22.6. The lowest BCUT2D eigenvalue weighted by Crippen LogP contribution is -2.62. The van der Waals surface area contributed by atoms with E-state index in [9.17, 15) is 24.9 Å². The molecule has 3 aliphatic heterocycles. The highest BCUT2D eigenvalue weighted by molar-refractivity contribution is 6.10. The number of nitrogens with one attached hydrogen (secondary N) is 1. The van der Waals surface area contributed by atoms with Crippen molar-refractivity contribution in [3.8, 4) is 0 Å². The van der Waals surface area contributed by atoms with Crippen LogP contribution >= 0.6 is 0 Å². The van der Waals surface area contributed by atoms with E-state index in [1.165, 1.54) is 0 Å².